The lowest BCUT2D eigenvalue weighted by Gasteiger charge is -2.08. The average molecular weight is 407 g/mol. The molecule has 2 rings (SSSR count). The highest BCUT2D eigenvalue weighted by Gasteiger charge is 2.14. The van der Waals surface area contributed by atoms with Crippen molar-refractivity contribution in [3.8, 4) is 11.5 Å². The van der Waals surface area contributed by atoms with Crippen molar-refractivity contribution in [1.29, 1.82) is 0 Å². The summed E-state index contributed by atoms with van der Waals surface area (Å²) in [4.78, 5) is 11.4. The molecule has 0 aliphatic carbocycles. The van der Waals surface area contributed by atoms with Crippen molar-refractivity contribution in [2.24, 2.45) is 0 Å². The Morgan fingerprint density at radius 2 is 1.42 bits per heavy atom. The second-order valence-corrected chi connectivity index (χ2v) is 6.84. The van der Waals surface area contributed by atoms with Gasteiger partial charge in [0.2, 0.25) is 0 Å². The summed E-state index contributed by atoms with van der Waals surface area (Å²) < 4.78 is 76.8. The van der Waals surface area contributed by atoms with Gasteiger partial charge in [0.1, 0.15) is 18.1 Å². The zero-order chi connectivity index (χ0) is 19.4. The maximum absolute atomic E-state index is 12.4. The Hall–Kier alpha value is -2.73. The van der Waals surface area contributed by atoms with E-state index < -0.39 is 26.8 Å². The monoisotopic (exact) mass is 407 g/mol. The molecule has 0 spiro atoms. The molecule has 0 aromatic heterocycles. The summed E-state index contributed by atoms with van der Waals surface area (Å²) >= 11 is 0. The number of rotatable bonds is 7. The van der Waals surface area contributed by atoms with Crippen molar-refractivity contribution in [2.45, 2.75) is 6.61 Å². The van der Waals surface area contributed by atoms with Gasteiger partial charge in [-0.2, -0.15) is 16.8 Å². The highest BCUT2D eigenvalue weighted by molar-refractivity contribution is 7.85. The molecule has 0 aliphatic rings. The fraction of sp³-hybridized carbons (Fsp3) is 0.0714. The molecule has 0 heterocycles. The number of benzene rings is 2. The number of carbonyl (C=O) groups excluding carboxylic acids is 1. The van der Waals surface area contributed by atoms with Crippen LogP contribution >= 0.6 is 0 Å². The highest BCUT2D eigenvalue weighted by Crippen LogP contribution is 2.20. The van der Waals surface area contributed by atoms with Crippen LogP contribution in [0, 0.1) is 0 Å². The first-order valence-electron chi connectivity index (χ1n) is 6.74. The molecule has 0 radical (unpaired) electrons. The molecule has 1 amide bonds. The first-order chi connectivity index (χ1) is 12.0. The molecule has 2 aromatic rings. The molecule has 12 heteroatoms. The smallest absolute Gasteiger partial charge is 0.488 e. The van der Waals surface area contributed by atoms with E-state index in [4.69, 9.17) is 4.74 Å². The van der Waals surface area contributed by atoms with Crippen molar-refractivity contribution < 1.29 is 38.3 Å². The van der Waals surface area contributed by atoms with Crippen LogP contribution in [0.25, 0.3) is 0 Å². The van der Waals surface area contributed by atoms with Gasteiger partial charge in [-0.25, -0.2) is 4.72 Å². The van der Waals surface area contributed by atoms with E-state index in [1.807, 2.05) is 0 Å². The molecule has 2 aromatic carbocycles. The summed E-state index contributed by atoms with van der Waals surface area (Å²) in [7, 11) is -10.2. The van der Waals surface area contributed by atoms with Gasteiger partial charge in [-0.1, -0.05) is 19.9 Å². The number of hydrogen-bond acceptors (Lipinski definition) is 7. The van der Waals surface area contributed by atoms with E-state index in [-0.39, 0.29) is 17.9 Å². The molecule has 0 saturated heterocycles. The van der Waals surface area contributed by atoms with E-state index in [2.05, 4.69) is 4.18 Å². The van der Waals surface area contributed by atoms with Crippen molar-refractivity contribution in [3.05, 3.63) is 59.7 Å². The third-order valence-corrected chi connectivity index (χ3v) is 3.68. The van der Waals surface area contributed by atoms with E-state index in [9.17, 15) is 29.4 Å². The lowest BCUT2D eigenvalue weighted by atomic mass is 10.1. The summed E-state index contributed by atoms with van der Waals surface area (Å²) in [6, 6.07) is 10.6. The minimum absolute atomic E-state index is 0.0604. The van der Waals surface area contributed by atoms with E-state index >= 15 is 0 Å². The van der Waals surface area contributed by atoms with Crippen molar-refractivity contribution >= 4 is 26.8 Å². The quantitative estimate of drug-likeness (QED) is 0.696. The number of halogens is 2. The van der Waals surface area contributed by atoms with Crippen molar-refractivity contribution in [3.63, 3.8) is 0 Å². The number of nitrogens with one attached hydrogen (secondary N) is 1. The van der Waals surface area contributed by atoms with Gasteiger partial charge in [-0.15, -0.1) is 0 Å². The maximum Gasteiger partial charge on any atom is 0.488 e. The molecule has 1 N–H and O–H groups in total. The number of ether oxygens (including phenoxy) is 1. The molecule has 8 nitrogen and oxygen atoms in total. The fourth-order valence-corrected chi connectivity index (χ4v) is 2.48. The van der Waals surface area contributed by atoms with Crippen LogP contribution in [0.2, 0.25) is 0 Å². The summed E-state index contributed by atoms with van der Waals surface area (Å²) in [6.07, 6.45) is 0. The number of carbonyl (C=O) groups is 1. The van der Waals surface area contributed by atoms with Gasteiger partial charge < -0.3 is 8.92 Å². The Kier molecular flexibility index (Phi) is 5.77. The summed E-state index contributed by atoms with van der Waals surface area (Å²) in [5, 5.41) is 0. The first kappa shape index (κ1) is 19.6. The zero-order valence-corrected chi connectivity index (χ0v) is 14.4. The predicted octanol–water partition coefficient (Wildman–Crippen LogP) is 1.80. The van der Waals surface area contributed by atoms with Crippen molar-refractivity contribution in [2.75, 3.05) is 0 Å². The predicted molar refractivity (Wildman–Crippen MR) is 85.4 cm³/mol. The molecule has 0 bridgehead atoms. The molecule has 140 valence electrons. The van der Waals surface area contributed by atoms with E-state index in [1.165, 1.54) is 53.3 Å². The van der Waals surface area contributed by atoms with Crippen LogP contribution in [-0.4, -0.2) is 22.7 Å². The number of hydrogen-bond donors (Lipinski definition) is 1. The van der Waals surface area contributed by atoms with E-state index in [1.54, 1.807) is 0 Å². The maximum atomic E-state index is 12.4. The van der Waals surface area contributed by atoms with Crippen LogP contribution in [0.3, 0.4) is 0 Å². The standard InChI is InChI=1S/C14H11F2NO7S2/c15-25(19,20)17-14(18)11-3-1-10(2-4-11)9-23-12-5-7-13(8-6-12)24-26(16,21)22/h1-8H,9H2,(H,17,18). The second kappa shape index (κ2) is 7.66. The van der Waals surface area contributed by atoms with Gasteiger partial charge in [-0.05, 0) is 42.0 Å². The lowest BCUT2D eigenvalue weighted by Crippen LogP contribution is -2.27. The number of amides is 1. The lowest BCUT2D eigenvalue weighted by molar-refractivity contribution is 0.0980. The molecule has 0 atom stereocenters. The highest BCUT2D eigenvalue weighted by atomic mass is 32.3. The summed E-state index contributed by atoms with van der Waals surface area (Å²) in [5.74, 6) is -1.00. The molecule has 0 aliphatic heterocycles. The Labute approximate surface area is 148 Å². The largest absolute Gasteiger partial charge is 0.489 e. The third-order valence-electron chi connectivity index (χ3n) is 2.86. The topological polar surface area (TPSA) is 116 Å². The van der Waals surface area contributed by atoms with Gasteiger partial charge >= 0.3 is 20.9 Å². The third kappa shape index (κ3) is 6.64. The van der Waals surface area contributed by atoms with Crippen molar-refractivity contribution in [1.82, 2.24) is 4.72 Å². The Balaban J connectivity index is 1.94. The Morgan fingerprint density at radius 3 is 1.92 bits per heavy atom. The second-order valence-electron chi connectivity index (χ2n) is 4.80. The molecular weight excluding hydrogens is 396 g/mol. The summed E-state index contributed by atoms with van der Waals surface area (Å²) in [6.45, 7) is 0.0604. The molecule has 0 fully saturated rings. The molecule has 0 saturated carbocycles. The SMILES string of the molecule is O=C(NS(=O)(=O)F)c1ccc(COc2ccc(OS(=O)(=O)F)cc2)cc1. The van der Waals surface area contributed by atoms with Gasteiger partial charge in [0.05, 0.1) is 0 Å². The molecule has 0 unspecified atom stereocenters. The minimum atomic E-state index is -5.14. The van der Waals surface area contributed by atoms with E-state index in [0.29, 0.717) is 11.3 Å². The van der Waals surface area contributed by atoms with Crippen LogP contribution < -0.4 is 13.6 Å². The van der Waals surface area contributed by atoms with E-state index in [0.717, 1.165) is 0 Å². The minimum Gasteiger partial charge on any atom is -0.489 e. The Morgan fingerprint density at radius 1 is 0.885 bits per heavy atom. The van der Waals surface area contributed by atoms with Crippen LogP contribution in [0.15, 0.2) is 48.5 Å². The average Bonchev–Trinajstić information content (AvgIpc) is 2.51. The van der Waals surface area contributed by atoms with Crippen LogP contribution in [-0.2, 0) is 27.5 Å². The van der Waals surface area contributed by atoms with Gasteiger partial charge in [0.15, 0.2) is 0 Å². The van der Waals surface area contributed by atoms with Crippen LogP contribution in [0.5, 0.6) is 11.5 Å². The Bertz CT molecular complexity index is 989. The van der Waals surface area contributed by atoms with Gasteiger partial charge in [0, 0.05) is 5.56 Å². The van der Waals surface area contributed by atoms with Gasteiger partial charge in [-0.3, -0.25) is 4.79 Å². The molecular formula is C14H11F2NO7S2. The first-order valence-corrected chi connectivity index (χ1v) is 9.44. The van der Waals surface area contributed by atoms with Gasteiger partial charge in [0.25, 0.3) is 5.91 Å². The van der Waals surface area contributed by atoms with Crippen LogP contribution in [0.4, 0.5) is 7.77 Å². The normalized spacial score (nSPS) is 11.6. The summed E-state index contributed by atoms with van der Waals surface area (Å²) in [5.41, 5.74) is 0.542. The fourth-order valence-electron chi connectivity index (χ4n) is 1.80. The van der Waals surface area contributed by atoms with Crippen LogP contribution in [0.1, 0.15) is 15.9 Å². The zero-order valence-electron chi connectivity index (χ0n) is 12.8. The molecule has 26 heavy (non-hydrogen) atoms.